The van der Waals surface area contributed by atoms with Gasteiger partial charge < -0.3 is 9.64 Å². The van der Waals surface area contributed by atoms with E-state index in [9.17, 15) is 4.79 Å². The summed E-state index contributed by atoms with van der Waals surface area (Å²) in [6.07, 6.45) is 2.80. The maximum atomic E-state index is 12.9. The second-order valence-electron chi connectivity index (χ2n) is 6.48. The van der Waals surface area contributed by atoms with Crippen molar-refractivity contribution < 1.29 is 9.53 Å². The number of hydrogen-bond acceptors (Lipinski definition) is 4. The maximum absolute atomic E-state index is 12.9. The van der Waals surface area contributed by atoms with E-state index in [1.54, 1.807) is 6.20 Å². The first kappa shape index (κ1) is 16.7. The monoisotopic (exact) mass is 347 g/mol. The molecule has 0 aliphatic carbocycles. The van der Waals surface area contributed by atoms with Gasteiger partial charge in [-0.2, -0.15) is 0 Å². The number of morpholine rings is 1. The van der Waals surface area contributed by atoms with Gasteiger partial charge in [-0.3, -0.25) is 9.78 Å². The minimum atomic E-state index is 0.0438. The third kappa shape index (κ3) is 3.30. The van der Waals surface area contributed by atoms with E-state index in [1.807, 2.05) is 53.4 Å². The molecule has 26 heavy (non-hydrogen) atoms. The lowest BCUT2D eigenvalue weighted by molar-refractivity contribution is -0.0226. The van der Waals surface area contributed by atoms with Gasteiger partial charge in [0.05, 0.1) is 35.6 Å². The van der Waals surface area contributed by atoms with E-state index in [-0.39, 0.29) is 12.0 Å². The van der Waals surface area contributed by atoms with E-state index in [2.05, 4.69) is 16.9 Å². The summed E-state index contributed by atoms with van der Waals surface area (Å²) in [5.41, 5.74) is 4.05. The smallest absolute Gasteiger partial charge is 0.254 e. The Morgan fingerprint density at radius 1 is 1.19 bits per heavy atom. The molecule has 4 rings (SSSR count). The van der Waals surface area contributed by atoms with Gasteiger partial charge in [-0.1, -0.05) is 31.2 Å². The second-order valence-corrected chi connectivity index (χ2v) is 6.48. The molecule has 1 amide bonds. The van der Waals surface area contributed by atoms with Crippen molar-refractivity contribution in [3.05, 3.63) is 60.3 Å². The highest BCUT2D eigenvalue weighted by Crippen LogP contribution is 2.21. The number of rotatable bonds is 3. The number of benzene rings is 2. The van der Waals surface area contributed by atoms with Crippen LogP contribution in [0.25, 0.3) is 22.3 Å². The standard InChI is InChI=1S/C21H21N3O2/c1-2-17-14-24(10-11-26-17)21(25)16-7-5-6-15(12-16)20-13-22-18-8-3-4-9-19(18)23-20/h3-9,12-13,17H,2,10-11,14H2,1H3. The summed E-state index contributed by atoms with van der Waals surface area (Å²) in [6, 6.07) is 15.4. The molecular weight excluding hydrogens is 326 g/mol. The van der Waals surface area contributed by atoms with Crippen LogP contribution in [0.1, 0.15) is 23.7 Å². The van der Waals surface area contributed by atoms with E-state index in [1.165, 1.54) is 0 Å². The Morgan fingerprint density at radius 2 is 2.04 bits per heavy atom. The molecule has 1 unspecified atom stereocenters. The van der Waals surface area contributed by atoms with Gasteiger partial charge in [0.1, 0.15) is 0 Å². The molecule has 1 aromatic heterocycles. The molecule has 2 aromatic carbocycles. The van der Waals surface area contributed by atoms with Gasteiger partial charge in [0.15, 0.2) is 0 Å². The molecular formula is C21H21N3O2. The largest absolute Gasteiger partial charge is 0.375 e. The highest BCUT2D eigenvalue weighted by atomic mass is 16.5. The first-order chi connectivity index (χ1) is 12.7. The first-order valence-electron chi connectivity index (χ1n) is 8.97. The van der Waals surface area contributed by atoms with E-state index in [4.69, 9.17) is 4.74 Å². The van der Waals surface area contributed by atoms with Crippen molar-refractivity contribution in [2.45, 2.75) is 19.4 Å². The van der Waals surface area contributed by atoms with E-state index in [0.29, 0.717) is 25.3 Å². The van der Waals surface area contributed by atoms with E-state index < -0.39 is 0 Å². The summed E-state index contributed by atoms with van der Waals surface area (Å²) in [4.78, 5) is 23.9. The van der Waals surface area contributed by atoms with Crippen LogP contribution in [0.3, 0.4) is 0 Å². The number of aromatic nitrogens is 2. The molecule has 0 saturated carbocycles. The fourth-order valence-corrected chi connectivity index (χ4v) is 3.24. The lowest BCUT2D eigenvalue weighted by Gasteiger charge is -2.32. The summed E-state index contributed by atoms with van der Waals surface area (Å²) in [5.74, 6) is 0.0438. The summed E-state index contributed by atoms with van der Waals surface area (Å²) in [7, 11) is 0. The number of ether oxygens (including phenoxy) is 1. The van der Waals surface area contributed by atoms with Crippen LogP contribution < -0.4 is 0 Å². The molecule has 0 bridgehead atoms. The quantitative estimate of drug-likeness (QED) is 0.727. The molecule has 0 spiro atoms. The number of hydrogen-bond donors (Lipinski definition) is 0. The van der Waals surface area contributed by atoms with Gasteiger partial charge >= 0.3 is 0 Å². The molecule has 3 aromatic rings. The van der Waals surface area contributed by atoms with Crippen LogP contribution in [-0.4, -0.2) is 46.6 Å². The molecule has 5 nitrogen and oxygen atoms in total. The Kier molecular flexibility index (Phi) is 4.63. The van der Waals surface area contributed by atoms with Gasteiger partial charge in [0.25, 0.3) is 5.91 Å². The van der Waals surface area contributed by atoms with Crippen molar-refractivity contribution in [3.8, 4) is 11.3 Å². The Bertz CT molecular complexity index is 941. The molecule has 0 radical (unpaired) electrons. The highest BCUT2D eigenvalue weighted by Gasteiger charge is 2.24. The van der Waals surface area contributed by atoms with Crippen LogP contribution in [-0.2, 0) is 4.74 Å². The van der Waals surface area contributed by atoms with Crippen LogP contribution in [0, 0.1) is 0 Å². The van der Waals surface area contributed by atoms with E-state index >= 15 is 0 Å². The van der Waals surface area contributed by atoms with Crippen LogP contribution in [0.5, 0.6) is 0 Å². The number of carbonyl (C=O) groups excluding carboxylic acids is 1. The van der Waals surface area contributed by atoms with Gasteiger partial charge in [-0.25, -0.2) is 4.98 Å². The van der Waals surface area contributed by atoms with Crippen molar-refractivity contribution in [2.75, 3.05) is 19.7 Å². The molecule has 132 valence electrons. The average Bonchev–Trinajstić information content (AvgIpc) is 2.73. The summed E-state index contributed by atoms with van der Waals surface area (Å²) < 4.78 is 5.67. The molecule has 2 heterocycles. The topological polar surface area (TPSA) is 55.3 Å². The molecule has 1 atom stereocenters. The Balaban J connectivity index is 1.62. The molecule has 1 fully saturated rings. The Morgan fingerprint density at radius 3 is 2.88 bits per heavy atom. The zero-order valence-electron chi connectivity index (χ0n) is 14.8. The van der Waals surface area contributed by atoms with Crippen LogP contribution in [0.2, 0.25) is 0 Å². The number of carbonyl (C=O) groups is 1. The van der Waals surface area contributed by atoms with Gasteiger partial charge in [-0.15, -0.1) is 0 Å². The molecule has 1 aliphatic rings. The van der Waals surface area contributed by atoms with Gasteiger partial charge in [-0.05, 0) is 30.7 Å². The van der Waals surface area contributed by atoms with Crippen molar-refractivity contribution in [1.29, 1.82) is 0 Å². The number of para-hydroxylation sites is 2. The van der Waals surface area contributed by atoms with Crippen molar-refractivity contribution in [2.24, 2.45) is 0 Å². The predicted molar refractivity (Wildman–Crippen MR) is 101 cm³/mol. The molecule has 5 heteroatoms. The van der Waals surface area contributed by atoms with Gasteiger partial charge in [0, 0.05) is 24.2 Å². The summed E-state index contributed by atoms with van der Waals surface area (Å²) >= 11 is 0. The average molecular weight is 347 g/mol. The number of nitrogens with zero attached hydrogens (tertiary/aromatic N) is 3. The zero-order valence-corrected chi connectivity index (χ0v) is 14.8. The number of fused-ring (bicyclic) bond motifs is 1. The normalized spacial score (nSPS) is 17.4. The summed E-state index contributed by atoms with van der Waals surface area (Å²) in [6.45, 7) is 3.96. The van der Waals surface area contributed by atoms with Crippen molar-refractivity contribution >= 4 is 16.9 Å². The lowest BCUT2D eigenvalue weighted by atomic mass is 10.1. The fourth-order valence-electron chi connectivity index (χ4n) is 3.24. The molecule has 1 saturated heterocycles. The zero-order chi connectivity index (χ0) is 17.9. The van der Waals surface area contributed by atoms with Gasteiger partial charge in [0.2, 0.25) is 0 Å². The van der Waals surface area contributed by atoms with Crippen LogP contribution in [0.15, 0.2) is 54.7 Å². The molecule has 1 aliphatic heterocycles. The number of amides is 1. The Hall–Kier alpha value is -2.79. The minimum absolute atomic E-state index is 0.0438. The summed E-state index contributed by atoms with van der Waals surface area (Å²) in [5, 5.41) is 0. The maximum Gasteiger partial charge on any atom is 0.254 e. The first-order valence-corrected chi connectivity index (χ1v) is 8.97. The van der Waals surface area contributed by atoms with E-state index in [0.717, 1.165) is 28.7 Å². The second kappa shape index (κ2) is 7.22. The lowest BCUT2D eigenvalue weighted by Crippen LogP contribution is -2.45. The SMILES string of the molecule is CCC1CN(C(=O)c2cccc(-c3cnc4ccccc4n3)c2)CCO1. The van der Waals surface area contributed by atoms with Crippen molar-refractivity contribution in [3.63, 3.8) is 0 Å². The highest BCUT2D eigenvalue weighted by molar-refractivity contribution is 5.95. The molecule has 0 N–H and O–H groups in total. The third-order valence-corrected chi connectivity index (χ3v) is 4.74. The van der Waals surface area contributed by atoms with Crippen LogP contribution in [0.4, 0.5) is 0 Å². The minimum Gasteiger partial charge on any atom is -0.375 e. The van der Waals surface area contributed by atoms with Crippen LogP contribution >= 0.6 is 0 Å². The predicted octanol–water partition coefficient (Wildman–Crippen LogP) is 3.55. The van der Waals surface area contributed by atoms with Crippen molar-refractivity contribution in [1.82, 2.24) is 14.9 Å². The third-order valence-electron chi connectivity index (χ3n) is 4.74. The Labute approximate surface area is 152 Å². The fraction of sp³-hybridized carbons (Fsp3) is 0.286.